The molecule has 2 aliphatic rings. The Morgan fingerprint density at radius 3 is 1.78 bits per heavy atom. The van der Waals surface area contributed by atoms with E-state index in [1.54, 1.807) is 36.4 Å². The van der Waals surface area contributed by atoms with Gasteiger partial charge in [0.15, 0.2) is 23.3 Å². The third-order valence-electron chi connectivity index (χ3n) is 10.1. The highest BCUT2D eigenvalue weighted by molar-refractivity contribution is 5.71. The number of benzene rings is 3. The van der Waals surface area contributed by atoms with Crippen LogP contribution < -0.4 is 0 Å². The van der Waals surface area contributed by atoms with Crippen molar-refractivity contribution in [1.82, 2.24) is 0 Å². The van der Waals surface area contributed by atoms with Gasteiger partial charge in [0.1, 0.15) is 0 Å². The lowest BCUT2D eigenvalue weighted by molar-refractivity contribution is 0.155. The first-order chi connectivity index (χ1) is 20.0. The predicted octanol–water partition coefficient (Wildman–Crippen LogP) is 12.0. The average molecular weight is 565 g/mol. The van der Waals surface area contributed by atoms with Gasteiger partial charge in [0.25, 0.3) is 0 Å². The van der Waals surface area contributed by atoms with Crippen LogP contribution in [0.25, 0.3) is 22.3 Å². The van der Waals surface area contributed by atoms with E-state index in [4.69, 9.17) is 0 Å². The van der Waals surface area contributed by atoms with Gasteiger partial charge in [-0.25, -0.2) is 17.6 Å². The molecule has 0 saturated heterocycles. The first kappa shape index (κ1) is 29.9. The molecule has 220 valence electrons. The Morgan fingerprint density at radius 2 is 1.15 bits per heavy atom. The van der Waals surface area contributed by atoms with Crippen LogP contribution in [-0.4, -0.2) is 0 Å². The Morgan fingerprint density at radius 1 is 0.561 bits per heavy atom. The van der Waals surface area contributed by atoms with Gasteiger partial charge < -0.3 is 0 Å². The molecule has 0 amide bonds. The first-order valence-corrected chi connectivity index (χ1v) is 16.0. The van der Waals surface area contributed by atoms with Crippen molar-refractivity contribution < 1.29 is 17.6 Å². The average Bonchev–Trinajstić information content (AvgIpc) is 3.00. The summed E-state index contributed by atoms with van der Waals surface area (Å²) in [5, 5.41) is 0. The van der Waals surface area contributed by atoms with Crippen LogP contribution >= 0.6 is 0 Å². The van der Waals surface area contributed by atoms with Crippen molar-refractivity contribution in [2.75, 3.05) is 0 Å². The summed E-state index contributed by atoms with van der Waals surface area (Å²) in [5.74, 6) is -0.901. The second-order valence-corrected chi connectivity index (χ2v) is 12.6. The highest BCUT2D eigenvalue weighted by atomic mass is 19.2. The molecule has 0 N–H and O–H groups in total. The second-order valence-electron chi connectivity index (χ2n) is 12.6. The molecule has 0 radical (unpaired) electrons. The zero-order valence-corrected chi connectivity index (χ0v) is 24.4. The van der Waals surface area contributed by atoms with E-state index in [0.29, 0.717) is 16.7 Å². The van der Waals surface area contributed by atoms with Crippen LogP contribution in [0.1, 0.15) is 108 Å². The zero-order valence-electron chi connectivity index (χ0n) is 24.4. The first-order valence-electron chi connectivity index (χ1n) is 16.0. The molecular weight excluding hydrogens is 520 g/mol. The monoisotopic (exact) mass is 564 g/mol. The van der Waals surface area contributed by atoms with Crippen LogP contribution in [0.3, 0.4) is 0 Å². The topological polar surface area (TPSA) is 0 Å². The van der Waals surface area contributed by atoms with Crippen LogP contribution in [0, 0.1) is 41.0 Å². The summed E-state index contributed by atoms with van der Waals surface area (Å²) in [5.41, 5.74) is 1.81. The molecule has 41 heavy (non-hydrogen) atoms. The molecule has 2 saturated carbocycles. The summed E-state index contributed by atoms with van der Waals surface area (Å²) in [7, 11) is 0. The second kappa shape index (κ2) is 14.0. The van der Waals surface area contributed by atoms with Crippen molar-refractivity contribution in [3.63, 3.8) is 0 Å². The number of halogens is 4. The third-order valence-corrected chi connectivity index (χ3v) is 10.1. The lowest BCUT2D eigenvalue weighted by atomic mass is 9.68. The van der Waals surface area contributed by atoms with E-state index in [-0.39, 0.29) is 17.0 Å². The molecule has 0 heterocycles. The molecule has 3 aromatic rings. The molecule has 0 nitrogen and oxygen atoms in total. The SMILES string of the molecule is CCCCCCCC1CCC(C2CCC(c3ccc(-c4ccc(-c5cccc(F)c5F)cc4)c(F)c3F)CC2)CC1. The summed E-state index contributed by atoms with van der Waals surface area (Å²) < 4.78 is 58.5. The van der Waals surface area contributed by atoms with Crippen molar-refractivity contribution in [3.8, 4) is 22.3 Å². The minimum Gasteiger partial charge on any atom is -0.204 e. The molecule has 2 fully saturated rings. The van der Waals surface area contributed by atoms with Gasteiger partial charge in [0, 0.05) is 11.1 Å². The largest absolute Gasteiger partial charge is 0.204 e. The van der Waals surface area contributed by atoms with E-state index >= 15 is 8.78 Å². The highest BCUT2D eigenvalue weighted by Gasteiger charge is 2.32. The summed E-state index contributed by atoms with van der Waals surface area (Å²) in [6, 6.07) is 13.9. The maximum Gasteiger partial charge on any atom is 0.166 e. The normalized spacial score (nSPS) is 23.0. The van der Waals surface area contributed by atoms with Crippen LogP contribution in [0.2, 0.25) is 0 Å². The van der Waals surface area contributed by atoms with Gasteiger partial charge in [-0.15, -0.1) is 0 Å². The Bertz CT molecular complexity index is 1260. The fraction of sp³-hybridized carbons (Fsp3) is 0.514. The fourth-order valence-electron chi connectivity index (χ4n) is 7.55. The van der Waals surface area contributed by atoms with E-state index in [2.05, 4.69) is 6.92 Å². The molecule has 0 bridgehead atoms. The molecule has 0 aromatic heterocycles. The number of hydrogen-bond acceptors (Lipinski definition) is 0. The van der Waals surface area contributed by atoms with Crippen LogP contribution in [0.5, 0.6) is 0 Å². The molecule has 5 rings (SSSR count). The standard InChI is InChI=1S/C37H44F4/c1-2-3-4-5-6-8-25-11-13-26(14-12-25)27-15-17-29(18-16-27)32-23-24-33(37(41)36(32)40)30-21-19-28(20-22-30)31-9-7-10-34(38)35(31)39/h7,9-10,19-27,29H,2-6,8,11-18H2,1H3. The molecule has 4 heteroatoms. The molecule has 0 aliphatic heterocycles. The van der Waals surface area contributed by atoms with Crippen LogP contribution in [0.15, 0.2) is 54.6 Å². The summed E-state index contributed by atoms with van der Waals surface area (Å²) >= 11 is 0. The Labute approximate surface area is 243 Å². The molecular formula is C37H44F4. The van der Waals surface area contributed by atoms with Gasteiger partial charge in [0.05, 0.1) is 0 Å². The van der Waals surface area contributed by atoms with Gasteiger partial charge in [-0.3, -0.25) is 0 Å². The lowest BCUT2D eigenvalue weighted by Crippen LogP contribution is -2.25. The quantitative estimate of drug-likeness (QED) is 0.170. The maximum atomic E-state index is 15.4. The Kier molecular flexibility index (Phi) is 10.2. The number of unbranched alkanes of at least 4 members (excludes halogenated alkanes) is 4. The molecule has 3 aromatic carbocycles. The van der Waals surface area contributed by atoms with Crippen molar-refractivity contribution in [2.45, 2.75) is 103 Å². The Balaban J connectivity index is 1.15. The van der Waals surface area contributed by atoms with Crippen molar-refractivity contribution in [3.05, 3.63) is 83.4 Å². The summed E-state index contributed by atoms with van der Waals surface area (Å²) in [6.07, 6.45) is 17.7. The van der Waals surface area contributed by atoms with E-state index in [0.717, 1.165) is 49.5 Å². The summed E-state index contributed by atoms with van der Waals surface area (Å²) in [6.45, 7) is 2.27. The summed E-state index contributed by atoms with van der Waals surface area (Å²) in [4.78, 5) is 0. The van der Waals surface area contributed by atoms with E-state index < -0.39 is 23.3 Å². The Hall–Kier alpha value is -2.62. The van der Waals surface area contributed by atoms with Crippen LogP contribution in [-0.2, 0) is 0 Å². The van der Waals surface area contributed by atoms with E-state index in [1.165, 1.54) is 76.3 Å². The molecule has 0 unspecified atom stereocenters. The minimum absolute atomic E-state index is 0.0626. The predicted molar refractivity (Wildman–Crippen MR) is 161 cm³/mol. The van der Waals surface area contributed by atoms with Crippen molar-refractivity contribution in [2.24, 2.45) is 17.8 Å². The number of hydrogen-bond donors (Lipinski definition) is 0. The molecule has 2 aliphatic carbocycles. The van der Waals surface area contributed by atoms with Gasteiger partial charge in [-0.2, -0.15) is 0 Å². The van der Waals surface area contributed by atoms with E-state index in [9.17, 15) is 8.78 Å². The van der Waals surface area contributed by atoms with Crippen LogP contribution in [0.4, 0.5) is 17.6 Å². The number of rotatable bonds is 10. The zero-order chi connectivity index (χ0) is 28.8. The van der Waals surface area contributed by atoms with Gasteiger partial charge in [0.2, 0.25) is 0 Å². The van der Waals surface area contributed by atoms with Gasteiger partial charge in [-0.05, 0) is 85.0 Å². The lowest BCUT2D eigenvalue weighted by Gasteiger charge is -2.38. The third kappa shape index (κ3) is 7.07. The minimum atomic E-state index is -0.919. The van der Waals surface area contributed by atoms with E-state index in [1.807, 2.05) is 0 Å². The smallest absolute Gasteiger partial charge is 0.166 e. The molecule has 0 atom stereocenters. The highest BCUT2D eigenvalue weighted by Crippen LogP contribution is 2.45. The van der Waals surface area contributed by atoms with Gasteiger partial charge in [-0.1, -0.05) is 107 Å². The van der Waals surface area contributed by atoms with Crippen molar-refractivity contribution >= 4 is 0 Å². The van der Waals surface area contributed by atoms with Crippen molar-refractivity contribution in [1.29, 1.82) is 0 Å². The molecule has 0 spiro atoms. The van der Waals surface area contributed by atoms with Gasteiger partial charge >= 0.3 is 0 Å². The fourth-order valence-corrected chi connectivity index (χ4v) is 7.55. The maximum absolute atomic E-state index is 15.4.